The van der Waals surface area contributed by atoms with Crippen molar-refractivity contribution in [3.63, 3.8) is 0 Å². The molecule has 1 aromatic rings. The van der Waals surface area contributed by atoms with Gasteiger partial charge >= 0.3 is 18.6 Å². The first-order valence-corrected chi connectivity index (χ1v) is 6.57. The number of imide groups is 1. The zero-order valence-electron chi connectivity index (χ0n) is 12.4. The molecule has 0 aliphatic rings. The number of benzene rings is 1. The first-order chi connectivity index (χ1) is 10.7. The molecule has 0 bridgehead atoms. The number of hydrogen-bond donors (Lipinski definition) is 2. The minimum absolute atomic E-state index is 0.273. The van der Waals surface area contributed by atoms with E-state index in [4.69, 9.17) is 10.5 Å². The van der Waals surface area contributed by atoms with Gasteiger partial charge in [0.1, 0.15) is 11.3 Å². The molecule has 0 fully saturated rings. The van der Waals surface area contributed by atoms with Gasteiger partial charge in [-0.2, -0.15) is 8.78 Å². The van der Waals surface area contributed by atoms with Gasteiger partial charge in [0, 0.05) is 0 Å². The largest absolute Gasteiger partial charge is 0.448 e. The number of ether oxygens (including phenoxy) is 2. The number of esters is 1. The van der Waals surface area contributed by atoms with Crippen LogP contribution in [0, 0.1) is 5.92 Å². The first-order valence-electron chi connectivity index (χ1n) is 6.57. The molecule has 1 rings (SSSR count). The van der Waals surface area contributed by atoms with E-state index in [0.717, 1.165) is 6.07 Å². The van der Waals surface area contributed by atoms with Gasteiger partial charge in [-0.3, -0.25) is 10.1 Å². The summed E-state index contributed by atoms with van der Waals surface area (Å²) in [5, 5.41) is 1.80. The standard InChI is InChI=1S/C14H16F2N2O5/c1-7(2)10(11(19)18-14(17)21)23-12(20)8-5-3-4-6-9(8)22-13(15)16/h3-7,10,13H,1-2H3,(H3,17,18,19,21)/t10-/m1/s1. The Hall–Kier alpha value is -2.71. The molecule has 9 heteroatoms. The third-order valence-corrected chi connectivity index (χ3v) is 2.67. The second kappa shape index (κ2) is 8.06. The van der Waals surface area contributed by atoms with Crippen molar-refractivity contribution in [3.8, 4) is 5.75 Å². The van der Waals surface area contributed by atoms with Crippen LogP contribution in [0.25, 0.3) is 0 Å². The Bertz CT molecular complexity index is 592. The zero-order valence-corrected chi connectivity index (χ0v) is 12.4. The van der Waals surface area contributed by atoms with Crippen molar-refractivity contribution < 1.29 is 32.6 Å². The fraction of sp³-hybridized carbons (Fsp3) is 0.357. The highest BCUT2D eigenvalue weighted by Crippen LogP contribution is 2.22. The lowest BCUT2D eigenvalue weighted by atomic mass is 10.1. The van der Waals surface area contributed by atoms with Crippen molar-refractivity contribution in [1.29, 1.82) is 0 Å². The van der Waals surface area contributed by atoms with Gasteiger partial charge in [-0.15, -0.1) is 0 Å². The number of nitrogens with two attached hydrogens (primary N) is 1. The van der Waals surface area contributed by atoms with Gasteiger partial charge in [-0.25, -0.2) is 9.59 Å². The number of nitrogens with one attached hydrogen (secondary N) is 1. The van der Waals surface area contributed by atoms with Gasteiger partial charge in [-0.05, 0) is 18.1 Å². The second-order valence-electron chi connectivity index (χ2n) is 4.80. The Morgan fingerprint density at radius 2 is 1.78 bits per heavy atom. The quantitative estimate of drug-likeness (QED) is 0.771. The van der Waals surface area contributed by atoms with Crippen molar-refractivity contribution in [2.24, 2.45) is 11.7 Å². The molecule has 0 aliphatic carbocycles. The maximum Gasteiger partial charge on any atom is 0.387 e. The van der Waals surface area contributed by atoms with E-state index in [0.29, 0.717) is 0 Å². The SMILES string of the molecule is CC(C)[C@@H](OC(=O)c1ccccc1OC(F)F)C(=O)NC(N)=O. The number of hydrogen-bond acceptors (Lipinski definition) is 5. The maximum atomic E-state index is 12.3. The van der Waals surface area contributed by atoms with Crippen molar-refractivity contribution >= 4 is 17.9 Å². The minimum atomic E-state index is -3.12. The Morgan fingerprint density at radius 3 is 2.30 bits per heavy atom. The highest BCUT2D eigenvalue weighted by Gasteiger charge is 2.29. The molecule has 0 aliphatic heterocycles. The molecule has 3 amide bonds. The van der Waals surface area contributed by atoms with E-state index in [9.17, 15) is 23.2 Å². The Kier molecular flexibility index (Phi) is 6.43. The summed E-state index contributed by atoms with van der Waals surface area (Å²) >= 11 is 0. The van der Waals surface area contributed by atoms with Gasteiger partial charge < -0.3 is 15.2 Å². The van der Waals surface area contributed by atoms with E-state index in [-0.39, 0.29) is 11.3 Å². The number of primary amides is 1. The van der Waals surface area contributed by atoms with Crippen LogP contribution < -0.4 is 15.8 Å². The summed E-state index contributed by atoms with van der Waals surface area (Å²) in [6.07, 6.45) is -1.32. The van der Waals surface area contributed by atoms with Gasteiger partial charge in [0.25, 0.3) is 5.91 Å². The molecule has 0 unspecified atom stereocenters. The van der Waals surface area contributed by atoms with Crippen LogP contribution in [0.3, 0.4) is 0 Å². The topological polar surface area (TPSA) is 108 Å². The van der Waals surface area contributed by atoms with Crippen LogP contribution in [0.5, 0.6) is 5.75 Å². The molecule has 0 radical (unpaired) electrons. The van der Waals surface area contributed by atoms with Crippen molar-refractivity contribution in [2.45, 2.75) is 26.6 Å². The summed E-state index contributed by atoms with van der Waals surface area (Å²) in [5.41, 5.74) is 4.56. The van der Waals surface area contributed by atoms with E-state index in [2.05, 4.69) is 4.74 Å². The number of rotatable bonds is 6. The van der Waals surface area contributed by atoms with Crippen molar-refractivity contribution in [2.75, 3.05) is 0 Å². The number of urea groups is 1. The highest BCUT2D eigenvalue weighted by molar-refractivity contribution is 5.99. The maximum absolute atomic E-state index is 12.3. The van der Waals surface area contributed by atoms with E-state index in [1.165, 1.54) is 18.2 Å². The van der Waals surface area contributed by atoms with E-state index < -0.39 is 36.5 Å². The lowest BCUT2D eigenvalue weighted by molar-refractivity contribution is -0.131. The predicted octanol–water partition coefficient (Wildman–Crippen LogP) is 1.66. The smallest absolute Gasteiger partial charge is 0.387 e. The molecular formula is C14H16F2N2O5. The fourth-order valence-electron chi connectivity index (χ4n) is 1.70. The predicted molar refractivity (Wildman–Crippen MR) is 74.8 cm³/mol. The molecule has 7 nitrogen and oxygen atoms in total. The van der Waals surface area contributed by atoms with Crippen LogP contribution in [0.1, 0.15) is 24.2 Å². The van der Waals surface area contributed by atoms with E-state index in [1.807, 2.05) is 0 Å². The van der Waals surface area contributed by atoms with Crippen molar-refractivity contribution in [1.82, 2.24) is 5.32 Å². The summed E-state index contributed by atoms with van der Waals surface area (Å²) in [7, 11) is 0. The number of halogens is 2. The van der Waals surface area contributed by atoms with Gasteiger partial charge in [0.05, 0.1) is 0 Å². The van der Waals surface area contributed by atoms with Crippen LogP contribution in [0.15, 0.2) is 24.3 Å². The zero-order chi connectivity index (χ0) is 17.6. The number of carbonyl (C=O) groups excluding carboxylic acids is 3. The van der Waals surface area contributed by atoms with Crippen LogP contribution in [0.4, 0.5) is 13.6 Å². The third-order valence-electron chi connectivity index (χ3n) is 2.67. The highest BCUT2D eigenvalue weighted by atomic mass is 19.3. The molecule has 0 heterocycles. The third kappa shape index (κ3) is 5.53. The van der Waals surface area contributed by atoms with Gasteiger partial charge in [0.2, 0.25) is 0 Å². The summed E-state index contributed by atoms with van der Waals surface area (Å²) in [4.78, 5) is 34.6. The molecule has 0 aromatic heterocycles. The number of alkyl halides is 2. The van der Waals surface area contributed by atoms with Crippen LogP contribution >= 0.6 is 0 Å². The molecule has 126 valence electrons. The second-order valence-corrected chi connectivity index (χ2v) is 4.80. The van der Waals surface area contributed by atoms with Gasteiger partial charge in [-0.1, -0.05) is 26.0 Å². The Balaban J connectivity index is 2.96. The molecule has 0 saturated carbocycles. The molecule has 1 aromatic carbocycles. The summed E-state index contributed by atoms with van der Waals surface area (Å²) in [5.74, 6) is -2.82. The fourth-order valence-corrected chi connectivity index (χ4v) is 1.70. The minimum Gasteiger partial charge on any atom is -0.448 e. The average molecular weight is 330 g/mol. The van der Waals surface area contributed by atoms with Crippen LogP contribution in [-0.2, 0) is 9.53 Å². The van der Waals surface area contributed by atoms with E-state index in [1.54, 1.807) is 19.2 Å². The summed E-state index contributed by atoms with van der Waals surface area (Å²) in [6, 6.07) is 4.09. The Labute approximate surface area is 130 Å². The number of carbonyl (C=O) groups is 3. The number of para-hydroxylation sites is 1. The molecule has 23 heavy (non-hydrogen) atoms. The average Bonchev–Trinajstić information content (AvgIpc) is 2.43. The Morgan fingerprint density at radius 1 is 1.17 bits per heavy atom. The monoisotopic (exact) mass is 330 g/mol. The van der Waals surface area contributed by atoms with E-state index >= 15 is 0 Å². The normalized spacial score (nSPS) is 11.9. The number of amides is 3. The summed E-state index contributed by atoms with van der Waals surface area (Å²) < 4.78 is 33.9. The molecular weight excluding hydrogens is 314 g/mol. The van der Waals surface area contributed by atoms with Crippen LogP contribution in [0.2, 0.25) is 0 Å². The lowest BCUT2D eigenvalue weighted by Crippen LogP contribution is -2.45. The van der Waals surface area contributed by atoms with Gasteiger partial charge in [0.15, 0.2) is 6.10 Å². The lowest BCUT2D eigenvalue weighted by Gasteiger charge is -2.20. The molecule has 0 spiro atoms. The van der Waals surface area contributed by atoms with Crippen molar-refractivity contribution in [3.05, 3.63) is 29.8 Å². The molecule has 3 N–H and O–H groups in total. The molecule has 0 saturated heterocycles. The molecule has 1 atom stereocenters. The first kappa shape index (κ1) is 18.3. The summed E-state index contributed by atoms with van der Waals surface area (Å²) in [6.45, 7) is 0.0168. The van der Waals surface area contributed by atoms with Crippen LogP contribution in [-0.4, -0.2) is 30.6 Å².